The van der Waals surface area contributed by atoms with Gasteiger partial charge in [0.2, 0.25) is 15.9 Å². The number of hydrogen-bond donors (Lipinski definition) is 1. The number of nitrogens with one attached hydrogen (secondary N) is 1. The Morgan fingerprint density at radius 3 is 2.35 bits per heavy atom. The molecule has 1 aromatic carbocycles. The predicted octanol–water partition coefficient (Wildman–Crippen LogP) is 1.33. The molecule has 3 aliphatic heterocycles. The van der Waals surface area contributed by atoms with Gasteiger partial charge in [0.05, 0.1) is 4.90 Å². The molecule has 3 aliphatic rings. The lowest BCUT2D eigenvalue weighted by atomic mass is 10.0. The van der Waals surface area contributed by atoms with Gasteiger partial charge in [0.15, 0.2) is 0 Å². The molecular weight excluding hydrogens is 374 g/mol. The molecule has 144 valence electrons. The number of nitrogens with zero attached hydrogens (tertiary/aromatic N) is 2. The van der Waals surface area contributed by atoms with E-state index < -0.39 is 16.1 Å². The summed E-state index contributed by atoms with van der Waals surface area (Å²) in [5.41, 5.74) is 0. The number of piperidine rings is 1. The first kappa shape index (κ1) is 19.6. The molecule has 1 aromatic rings. The summed E-state index contributed by atoms with van der Waals surface area (Å²) in [5, 5.41) is 3.37. The quantitative estimate of drug-likeness (QED) is 0.832. The van der Waals surface area contributed by atoms with E-state index in [4.69, 9.17) is 0 Å². The van der Waals surface area contributed by atoms with E-state index in [1.54, 1.807) is 30.3 Å². The molecule has 1 unspecified atom stereocenters. The third-order valence-corrected chi connectivity index (χ3v) is 7.71. The number of carbonyl (C=O) groups is 1. The Bertz CT molecular complexity index is 731. The van der Waals surface area contributed by atoms with Crippen LogP contribution in [0.4, 0.5) is 0 Å². The lowest BCUT2D eigenvalue weighted by Gasteiger charge is -2.36. The van der Waals surface area contributed by atoms with Crippen LogP contribution >= 0.6 is 12.4 Å². The van der Waals surface area contributed by atoms with Gasteiger partial charge < -0.3 is 10.2 Å². The van der Waals surface area contributed by atoms with Crippen LogP contribution < -0.4 is 5.32 Å². The van der Waals surface area contributed by atoms with Gasteiger partial charge in [-0.2, -0.15) is 4.31 Å². The number of fused-ring (bicyclic) bond motifs is 1. The fourth-order valence-electron chi connectivity index (χ4n) is 4.41. The van der Waals surface area contributed by atoms with Gasteiger partial charge in [-0.05, 0) is 36.8 Å². The SMILES string of the molecule is Cl.O=C(C1CCCCN1S(=O)(=O)c1ccccc1)N1C[C@H]2CNC[C@H]2C1. The maximum absolute atomic E-state index is 13.1. The summed E-state index contributed by atoms with van der Waals surface area (Å²) < 4.78 is 27.6. The van der Waals surface area contributed by atoms with Crippen molar-refractivity contribution in [2.75, 3.05) is 32.7 Å². The van der Waals surface area contributed by atoms with E-state index >= 15 is 0 Å². The van der Waals surface area contributed by atoms with E-state index in [9.17, 15) is 13.2 Å². The summed E-state index contributed by atoms with van der Waals surface area (Å²) in [7, 11) is -3.63. The molecule has 0 bridgehead atoms. The van der Waals surface area contributed by atoms with Gasteiger partial charge in [0.1, 0.15) is 6.04 Å². The summed E-state index contributed by atoms with van der Waals surface area (Å²) in [6, 6.07) is 7.92. The van der Waals surface area contributed by atoms with Gasteiger partial charge in [-0.25, -0.2) is 8.42 Å². The molecule has 1 amide bonds. The number of carbonyl (C=O) groups excluding carboxylic acids is 1. The van der Waals surface area contributed by atoms with Crippen LogP contribution in [0.3, 0.4) is 0 Å². The highest BCUT2D eigenvalue weighted by molar-refractivity contribution is 7.89. The molecule has 3 heterocycles. The minimum Gasteiger partial charge on any atom is -0.341 e. The zero-order valence-corrected chi connectivity index (χ0v) is 16.3. The molecule has 6 nitrogen and oxygen atoms in total. The Hall–Kier alpha value is -1.15. The van der Waals surface area contributed by atoms with E-state index in [-0.39, 0.29) is 23.2 Å². The zero-order chi connectivity index (χ0) is 17.4. The number of amides is 1. The fourth-order valence-corrected chi connectivity index (χ4v) is 6.09. The summed E-state index contributed by atoms with van der Waals surface area (Å²) in [6.45, 7) is 3.87. The molecule has 3 atom stereocenters. The standard InChI is InChI=1S/C18H25N3O3S.ClH/c22-18(20-12-14-10-19-11-15(14)13-20)17-8-4-5-9-21(17)25(23,24)16-6-2-1-3-7-16;/h1-3,6-7,14-15,17,19H,4-5,8-13H2;1H/t14-,15+,17?;. The van der Waals surface area contributed by atoms with E-state index in [2.05, 4.69) is 5.32 Å². The molecule has 8 heteroatoms. The van der Waals surface area contributed by atoms with Crippen LogP contribution in [0.5, 0.6) is 0 Å². The molecular formula is C18H26ClN3O3S. The van der Waals surface area contributed by atoms with Crippen LogP contribution in [0.25, 0.3) is 0 Å². The maximum atomic E-state index is 13.1. The molecule has 0 spiro atoms. The van der Waals surface area contributed by atoms with Gasteiger partial charge in [0, 0.05) is 32.7 Å². The summed E-state index contributed by atoms with van der Waals surface area (Å²) >= 11 is 0. The second-order valence-electron chi connectivity index (χ2n) is 7.36. The normalized spacial score (nSPS) is 29.2. The number of sulfonamides is 1. The highest BCUT2D eigenvalue weighted by Crippen LogP contribution is 2.31. The summed E-state index contributed by atoms with van der Waals surface area (Å²) in [4.78, 5) is 15.3. The van der Waals surface area contributed by atoms with Gasteiger partial charge in [-0.15, -0.1) is 12.4 Å². The Balaban J connectivity index is 0.00000196. The van der Waals surface area contributed by atoms with E-state index in [1.165, 1.54) is 4.31 Å². The van der Waals surface area contributed by atoms with Crippen molar-refractivity contribution in [2.24, 2.45) is 11.8 Å². The van der Waals surface area contributed by atoms with Crippen molar-refractivity contribution in [1.29, 1.82) is 0 Å². The van der Waals surface area contributed by atoms with Crippen molar-refractivity contribution < 1.29 is 13.2 Å². The second kappa shape index (κ2) is 7.84. The zero-order valence-electron chi connectivity index (χ0n) is 14.7. The molecule has 0 aromatic heterocycles. The third kappa shape index (κ3) is 3.50. The molecule has 3 fully saturated rings. The fraction of sp³-hybridized carbons (Fsp3) is 0.611. The topological polar surface area (TPSA) is 69.7 Å². The number of halogens is 1. The monoisotopic (exact) mass is 399 g/mol. The Labute approximate surface area is 161 Å². The van der Waals surface area contributed by atoms with Gasteiger partial charge in [-0.1, -0.05) is 24.6 Å². The summed E-state index contributed by atoms with van der Waals surface area (Å²) in [5.74, 6) is 1.03. The van der Waals surface area contributed by atoms with E-state index in [0.717, 1.165) is 39.0 Å². The van der Waals surface area contributed by atoms with Crippen LogP contribution in [-0.4, -0.2) is 62.3 Å². The van der Waals surface area contributed by atoms with Crippen molar-refractivity contribution in [2.45, 2.75) is 30.2 Å². The molecule has 0 radical (unpaired) electrons. The average molecular weight is 400 g/mol. The van der Waals surface area contributed by atoms with Crippen molar-refractivity contribution in [1.82, 2.24) is 14.5 Å². The first-order valence-corrected chi connectivity index (χ1v) is 10.6. The van der Waals surface area contributed by atoms with Gasteiger partial charge >= 0.3 is 0 Å². The highest BCUT2D eigenvalue weighted by atomic mass is 35.5. The lowest BCUT2D eigenvalue weighted by Crippen LogP contribution is -2.52. The first-order valence-electron chi connectivity index (χ1n) is 9.14. The molecule has 0 aliphatic carbocycles. The Kier molecular flexibility index (Phi) is 5.91. The molecule has 0 saturated carbocycles. The van der Waals surface area contributed by atoms with Crippen LogP contribution in [0.1, 0.15) is 19.3 Å². The highest BCUT2D eigenvalue weighted by Gasteiger charge is 2.44. The first-order chi connectivity index (χ1) is 12.1. The number of benzene rings is 1. The van der Waals surface area contributed by atoms with Gasteiger partial charge in [0.25, 0.3) is 0 Å². The number of hydrogen-bond acceptors (Lipinski definition) is 4. The van der Waals surface area contributed by atoms with Crippen molar-refractivity contribution >= 4 is 28.3 Å². The minimum atomic E-state index is -3.63. The average Bonchev–Trinajstić information content (AvgIpc) is 3.24. The Morgan fingerprint density at radius 1 is 1.04 bits per heavy atom. The number of likely N-dealkylation sites (tertiary alicyclic amines) is 1. The molecule has 26 heavy (non-hydrogen) atoms. The lowest BCUT2D eigenvalue weighted by molar-refractivity contribution is -0.135. The third-order valence-electron chi connectivity index (χ3n) is 5.79. The van der Waals surface area contributed by atoms with Crippen LogP contribution in [0, 0.1) is 11.8 Å². The minimum absolute atomic E-state index is 0. The van der Waals surface area contributed by atoms with Gasteiger partial charge in [-0.3, -0.25) is 4.79 Å². The van der Waals surface area contributed by atoms with E-state index in [1.807, 2.05) is 4.90 Å². The second-order valence-corrected chi connectivity index (χ2v) is 9.25. The number of rotatable bonds is 3. The Morgan fingerprint density at radius 2 is 1.69 bits per heavy atom. The van der Waals surface area contributed by atoms with Crippen molar-refractivity contribution in [3.05, 3.63) is 30.3 Å². The van der Waals surface area contributed by atoms with Crippen LogP contribution in [-0.2, 0) is 14.8 Å². The molecule has 3 saturated heterocycles. The molecule has 1 N–H and O–H groups in total. The van der Waals surface area contributed by atoms with Crippen molar-refractivity contribution in [3.63, 3.8) is 0 Å². The van der Waals surface area contributed by atoms with Crippen LogP contribution in [0.2, 0.25) is 0 Å². The summed E-state index contributed by atoms with van der Waals surface area (Å²) in [6.07, 6.45) is 2.33. The predicted molar refractivity (Wildman–Crippen MR) is 102 cm³/mol. The van der Waals surface area contributed by atoms with Crippen LogP contribution in [0.15, 0.2) is 35.2 Å². The largest absolute Gasteiger partial charge is 0.341 e. The molecule has 4 rings (SSSR count). The van der Waals surface area contributed by atoms with E-state index in [0.29, 0.717) is 24.8 Å². The maximum Gasteiger partial charge on any atom is 0.243 e. The smallest absolute Gasteiger partial charge is 0.243 e. The van der Waals surface area contributed by atoms with Crippen molar-refractivity contribution in [3.8, 4) is 0 Å².